The van der Waals surface area contributed by atoms with Crippen molar-refractivity contribution in [3.05, 3.63) is 70.8 Å². The maximum atomic E-state index is 3.57. The maximum absolute atomic E-state index is 3.57. The van der Waals surface area contributed by atoms with E-state index in [9.17, 15) is 0 Å². The Morgan fingerprint density at radius 1 is 1.00 bits per heavy atom. The lowest BCUT2D eigenvalue weighted by atomic mass is 9.98. The molecule has 20 heavy (non-hydrogen) atoms. The van der Waals surface area contributed by atoms with Crippen LogP contribution in [-0.4, -0.2) is 6.54 Å². The minimum absolute atomic E-state index is 0.613. The van der Waals surface area contributed by atoms with Crippen molar-refractivity contribution < 1.29 is 0 Å². The molecule has 0 saturated carbocycles. The van der Waals surface area contributed by atoms with Crippen LogP contribution < -0.4 is 5.32 Å². The molecule has 0 heterocycles. The minimum Gasteiger partial charge on any atom is -0.313 e. The largest absolute Gasteiger partial charge is 0.313 e. The van der Waals surface area contributed by atoms with E-state index in [2.05, 4.69) is 74.6 Å². The molecule has 0 amide bonds. The number of benzene rings is 2. The maximum Gasteiger partial charge on any atom is 0.0208 e. The van der Waals surface area contributed by atoms with Gasteiger partial charge in [0.15, 0.2) is 0 Å². The molecule has 0 aromatic heterocycles. The molecule has 1 nitrogen and oxygen atoms in total. The standard InChI is InChI=1S/C19H25N/c1-15-9-10-16(2)19(13-15)14-20-12-11-17(3)18-7-5-4-6-8-18/h4-10,13,17,20H,11-12,14H2,1-3H3. The summed E-state index contributed by atoms with van der Waals surface area (Å²) < 4.78 is 0. The van der Waals surface area contributed by atoms with Gasteiger partial charge in [0.1, 0.15) is 0 Å². The predicted octanol–water partition coefficient (Wildman–Crippen LogP) is 4.59. The van der Waals surface area contributed by atoms with Crippen LogP contribution in [0.25, 0.3) is 0 Å². The van der Waals surface area contributed by atoms with E-state index in [1.54, 1.807) is 0 Å². The van der Waals surface area contributed by atoms with Crippen molar-refractivity contribution in [2.24, 2.45) is 0 Å². The van der Waals surface area contributed by atoms with E-state index in [0.717, 1.165) is 13.1 Å². The minimum atomic E-state index is 0.613. The third-order valence-electron chi connectivity index (χ3n) is 3.94. The van der Waals surface area contributed by atoms with Crippen molar-refractivity contribution in [1.82, 2.24) is 5.32 Å². The Morgan fingerprint density at radius 2 is 1.75 bits per heavy atom. The molecule has 0 radical (unpaired) electrons. The topological polar surface area (TPSA) is 12.0 Å². The molecular formula is C19H25N. The fourth-order valence-corrected chi connectivity index (χ4v) is 2.48. The quantitative estimate of drug-likeness (QED) is 0.755. The number of hydrogen-bond acceptors (Lipinski definition) is 1. The summed E-state index contributed by atoms with van der Waals surface area (Å²) in [5.41, 5.74) is 5.56. The average molecular weight is 267 g/mol. The molecule has 1 heteroatoms. The van der Waals surface area contributed by atoms with E-state index in [4.69, 9.17) is 0 Å². The lowest BCUT2D eigenvalue weighted by Crippen LogP contribution is -2.17. The molecule has 1 unspecified atom stereocenters. The number of hydrogen-bond donors (Lipinski definition) is 1. The summed E-state index contributed by atoms with van der Waals surface area (Å²) >= 11 is 0. The van der Waals surface area contributed by atoms with E-state index < -0.39 is 0 Å². The number of aryl methyl sites for hydroxylation is 2. The van der Waals surface area contributed by atoms with E-state index in [-0.39, 0.29) is 0 Å². The molecule has 0 aliphatic carbocycles. The zero-order valence-corrected chi connectivity index (χ0v) is 12.8. The van der Waals surface area contributed by atoms with Gasteiger partial charge in [0.05, 0.1) is 0 Å². The predicted molar refractivity (Wildman–Crippen MR) is 87.1 cm³/mol. The highest BCUT2D eigenvalue weighted by Crippen LogP contribution is 2.17. The van der Waals surface area contributed by atoms with Gasteiger partial charge in [0.25, 0.3) is 0 Å². The Bertz CT molecular complexity index is 531. The molecule has 106 valence electrons. The highest BCUT2D eigenvalue weighted by atomic mass is 14.8. The van der Waals surface area contributed by atoms with E-state index in [1.807, 2.05) is 0 Å². The Kier molecular flexibility index (Phi) is 5.37. The van der Waals surface area contributed by atoms with Crippen molar-refractivity contribution in [3.8, 4) is 0 Å². The van der Waals surface area contributed by atoms with Crippen LogP contribution in [0.3, 0.4) is 0 Å². The molecule has 2 aromatic rings. The van der Waals surface area contributed by atoms with Gasteiger partial charge in [-0.05, 0) is 49.4 Å². The smallest absolute Gasteiger partial charge is 0.0208 e. The lowest BCUT2D eigenvalue weighted by molar-refractivity contribution is 0.593. The summed E-state index contributed by atoms with van der Waals surface area (Å²) in [6.45, 7) is 8.66. The molecule has 2 rings (SSSR count). The fourth-order valence-electron chi connectivity index (χ4n) is 2.48. The van der Waals surface area contributed by atoms with Crippen LogP contribution in [-0.2, 0) is 6.54 Å². The van der Waals surface area contributed by atoms with Crippen molar-refractivity contribution in [2.75, 3.05) is 6.54 Å². The van der Waals surface area contributed by atoms with Crippen molar-refractivity contribution in [3.63, 3.8) is 0 Å². The first-order chi connectivity index (χ1) is 9.66. The number of rotatable bonds is 6. The first-order valence-corrected chi connectivity index (χ1v) is 7.48. The summed E-state index contributed by atoms with van der Waals surface area (Å²) in [6, 6.07) is 17.4. The highest BCUT2D eigenvalue weighted by Gasteiger charge is 2.04. The van der Waals surface area contributed by atoms with Gasteiger partial charge in [-0.2, -0.15) is 0 Å². The second kappa shape index (κ2) is 7.25. The first-order valence-electron chi connectivity index (χ1n) is 7.48. The molecule has 2 aromatic carbocycles. The van der Waals surface area contributed by atoms with E-state index in [1.165, 1.54) is 28.7 Å². The van der Waals surface area contributed by atoms with Crippen LogP contribution in [0.5, 0.6) is 0 Å². The zero-order chi connectivity index (χ0) is 14.4. The Hall–Kier alpha value is -1.60. The van der Waals surface area contributed by atoms with Gasteiger partial charge in [-0.1, -0.05) is 61.0 Å². The lowest BCUT2D eigenvalue weighted by Gasteiger charge is -2.13. The van der Waals surface area contributed by atoms with Gasteiger partial charge in [-0.25, -0.2) is 0 Å². The van der Waals surface area contributed by atoms with Crippen LogP contribution in [0.4, 0.5) is 0 Å². The third kappa shape index (κ3) is 4.21. The van der Waals surface area contributed by atoms with Crippen LogP contribution >= 0.6 is 0 Å². The van der Waals surface area contributed by atoms with Crippen LogP contribution in [0.15, 0.2) is 48.5 Å². The molecule has 1 N–H and O–H groups in total. The van der Waals surface area contributed by atoms with Crippen molar-refractivity contribution >= 4 is 0 Å². The van der Waals surface area contributed by atoms with Crippen LogP contribution in [0.2, 0.25) is 0 Å². The molecule has 0 spiro atoms. The van der Waals surface area contributed by atoms with Gasteiger partial charge in [0, 0.05) is 6.54 Å². The summed E-state index contributed by atoms with van der Waals surface area (Å²) in [4.78, 5) is 0. The molecule has 0 aliphatic heterocycles. The molecule has 0 aliphatic rings. The molecule has 1 atom stereocenters. The zero-order valence-electron chi connectivity index (χ0n) is 12.8. The monoisotopic (exact) mass is 267 g/mol. The van der Waals surface area contributed by atoms with Gasteiger partial charge >= 0.3 is 0 Å². The Morgan fingerprint density at radius 3 is 2.50 bits per heavy atom. The van der Waals surface area contributed by atoms with Crippen molar-refractivity contribution in [1.29, 1.82) is 0 Å². The fraction of sp³-hybridized carbons (Fsp3) is 0.368. The van der Waals surface area contributed by atoms with E-state index >= 15 is 0 Å². The second-order valence-electron chi connectivity index (χ2n) is 5.71. The average Bonchev–Trinajstić information content (AvgIpc) is 2.47. The highest BCUT2D eigenvalue weighted by molar-refractivity contribution is 5.30. The summed E-state index contributed by atoms with van der Waals surface area (Å²) in [6.07, 6.45) is 1.18. The second-order valence-corrected chi connectivity index (χ2v) is 5.71. The molecular weight excluding hydrogens is 242 g/mol. The summed E-state index contributed by atoms with van der Waals surface area (Å²) in [5.74, 6) is 0.613. The molecule has 0 fully saturated rings. The Balaban J connectivity index is 1.78. The number of nitrogens with one attached hydrogen (secondary N) is 1. The molecule has 0 saturated heterocycles. The Labute approximate surface area is 123 Å². The van der Waals surface area contributed by atoms with Crippen LogP contribution in [0, 0.1) is 13.8 Å². The van der Waals surface area contributed by atoms with Crippen LogP contribution in [0.1, 0.15) is 41.5 Å². The first kappa shape index (κ1) is 14.8. The van der Waals surface area contributed by atoms with E-state index in [0.29, 0.717) is 5.92 Å². The summed E-state index contributed by atoms with van der Waals surface area (Å²) in [7, 11) is 0. The SMILES string of the molecule is Cc1ccc(C)c(CNCCC(C)c2ccccc2)c1. The van der Waals surface area contributed by atoms with Gasteiger partial charge in [0.2, 0.25) is 0 Å². The van der Waals surface area contributed by atoms with Gasteiger partial charge < -0.3 is 5.32 Å². The van der Waals surface area contributed by atoms with Crippen molar-refractivity contribution in [2.45, 2.75) is 39.7 Å². The summed E-state index contributed by atoms with van der Waals surface area (Å²) in [5, 5.41) is 3.57. The normalized spacial score (nSPS) is 12.3. The molecule has 0 bridgehead atoms. The van der Waals surface area contributed by atoms with Gasteiger partial charge in [-0.15, -0.1) is 0 Å². The third-order valence-corrected chi connectivity index (χ3v) is 3.94. The van der Waals surface area contributed by atoms with Gasteiger partial charge in [-0.3, -0.25) is 0 Å².